The molecule has 9 nitrogen and oxygen atoms in total. The number of thioether (sulfide) groups is 1. The van der Waals surface area contributed by atoms with Crippen LogP contribution in [0.15, 0.2) is 77.8 Å². The molecule has 10 heteroatoms. The number of rotatable bonds is 9. The molecule has 0 atom stereocenters. The van der Waals surface area contributed by atoms with Gasteiger partial charge in [0.2, 0.25) is 0 Å². The zero-order chi connectivity index (χ0) is 28.2. The topological polar surface area (TPSA) is 117 Å². The fourth-order valence-electron chi connectivity index (χ4n) is 4.43. The molecule has 0 amide bonds. The maximum absolute atomic E-state index is 12.7. The zero-order valence-electron chi connectivity index (χ0n) is 22.4. The van der Waals surface area contributed by atoms with Crippen LogP contribution < -0.4 is 5.32 Å². The van der Waals surface area contributed by atoms with Crippen molar-refractivity contribution < 1.29 is 14.6 Å². The van der Waals surface area contributed by atoms with Gasteiger partial charge >= 0.3 is 5.97 Å². The molecule has 40 heavy (non-hydrogen) atoms. The van der Waals surface area contributed by atoms with Gasteiger partial charge in [-0.05, 0) is 50.1 Å². The first-order chi connectivity index (χ1) is 19.4. The third-order valence-electron chi connectivity index (χ3n) is 6.45. The maximum atomic E-state index is 12.7. The second-order valence-electron chi connectivity index (χ2n) is 9.25. The Morgan fingerprint density at radius 3 is 2.70 bits per heavy atom. The number of anilines is 1. The smallest absolute Gasteiger partial charge is 0.343 e. The molecular formula is C30H28N6O3S. The lowest BCUT2D eigenvalue weighted by Gasteiger charge is -2.15. The van der Waals surface area contributed by atoms with Gasteiger partial charge in [-0.1, -0.05) is 42.0 Å². The van der Waals surface area contributed by atoms with Crippen molar-refractivity contribution in [3.8, 4) is 6.07 Å². The number of aliphatic hydroxyl groups excluding tert-OH is 1. The van der Waals surface area contributed by atoms with E-state index in [4.69, 9.17) is 9.72 Å². The number of nitrogens with zero attached hydrogens (tertiary/aromatic N) is 5. The van der Waals surface area contributed by atoms with E-state index in [0.717, 1.165) is 39.0 Å². The zero-order valence-corrected chi connectivity index (χ0v) is 23.2. The van der Waals surface area contributed by atoms with E-state index >= 15 is 0 Å². The summed E-state index contributed by atoms with van der Waals surface area (Å²) < 4.78 is 8.90. The minimum Gasteiger partial charge on any atom is -0.514 e. The second-order valence-corrected chi connectivity index (χ2v) is 10.2. The SMILES string of the molecule is CCOC(=O)c1cnn(Cc2ccc(C)cc2)c1NC(=CO)CSc1cc(C)c(C#N)c2nc3ccccc3n12. The average molecular weight is 553 g/mol. The summed E-state index contributed by atoms with van der Waals surface area (Å²) in [6.45, 7) is 6.31. The van der Waals surface area contributed by atoms with E-state index in [2.05, 4.69) is 16.5 Å². The summed E-state index contributed by atoms with van der Waals surface area (Å²) in [7, 11) is 0. The molecule has 202 valence electrons. The third-order valence-corrected chi connectivity index (χ3v) is 7.50. The normalized spacial score (nSPS) is 11.6. The van der Waals surface area contributed by atoms with Gasteiger partial charge in [0, 0.05) is 5.75 Å². The van der Waals surface area contributed by atoms with Crippen molar-refractivity contribution >= 4 is 40.2 Å². The number of nitrogens with one attached hydrogen (secondary N) is 1. The van der Waals surface area contributed by atoms with Crippen LogP contribution in [0.1, 0.15) is 39.5 Å². The molecule has 2 aromatic carbocycles. The maximum Gasteiger partial charge on any atom is 0.343 e. The number of carbonyl (C=O) groups excluding carboxylic acids is 1. The monoisotopic (exact) mass is 552 g/mol. The predicted octanol–water partition coefficient (Wildman–Crippen LogP) is 6.00. The minimum atomic E-state index is -0.501. The molecule has 0 aliphatic carbocycles. The Labute approximate surface area is 235 Å². The van der Waals surface area contributed by atoms with E-state index in [0.29, 0.717) is 35.0 Å². The number of aromatic nitrogens is 4. The number of para-hydroxylation sites is 2. The summed E-state index contributed by atoms with van der Waals surface area (Å²) >= 11 is 1.47. The van der Waals surface area contributed by atoms with Gasteiger partial charge in [-0.15, -0.1) is 11.8 Å². The molecule has 0 unspecified atom stereocenters. The van der Waals surface area contributed by atoms with Crippen LogP contribution in [0, 0.1) is 25.2 Å². The summed E-state index contributed by atoms with van der Waals surface area (Å²) in [5.74, 6) is 0.259. The Kier molecular flexibility index (Phi) is 7.75. The van der Waals surface area contributed by atoms with E-state index in [-0.39, 0.29) is 12.2 Å². The summed E-state index contributed by atoms with van der Waals surface area (Å²) in [6, 6.07) is 20.0. The van der Waals surface area contributed by atoms with Crippen molar-refractivity contribution in [3.63, 3.8) is 0 Å². The number of benzene rings is 2. The van der Waals surface area contributed by atoms with Crippen LogP contribution in [0.4, 0.5) is 5.82 Å². The Morgan fingerprint density at radius 2 is 1.98 bits per heavy atom. The van der Waals surface area contributed by atoms with Gasteiger partial charge < -0.3 is 15.2 Å². The van der Waals surface area contributed by atoms with Gasteiger partial charge in [0.05, 0.1) is 52.9 Å². The van der Waals surface area contributed by atoms with Crippen molar-refractivity contribution in [3.05, 3.63) is 101 Å². The molecule has 0 aliphatic rings. The quantitative estimate of drug-likeness (QED) is 0.130. The third kappa shape index (κ3) is 5.24. The molecule has 0 saturated heterocycles. The Bertz CT molecular complexity index is 1780. The highest BCUT2D eigenvalue weighted by atomic mass is 32.2. The van der Waals surface area contributed by atoms with Crippen molar-refractivity contribution in [2.75, 3.05) is 17.7 Å². The predicted molar refractivity (Wildman–Crippen MR) is 156 cm³/mol. The summed E-state index contributed by atoms with van der Waals surface area (Å²) in [5.41, 5.74) is 6.51. The van der Waals surface area contributed by atoms with E-state index in [1.165, 1.54) is 18.0 Å². The number of aryl methyl sites for hydroxylation is 2. The van der Waals surface area contributed by atoms with Gasteiger partial charge in [-0.2, -0.15) is 10.4 Å². The molecular weight excluding hydrogens is 524 g/mol. The molecule has 0 fully saturated rings. The number of pyridine rings is 1. The van der Waals surface area contributed by atoms with Gasteiger partial charge in [0.1, 0.15) is 17.5 Å². The van der Waals surface area contributed by atoms with Gasteiger partial charge in [0.15, 0.2) is 5.65 Å². The van der Waals surface area contributed by atoms with Crippen LogP contribution in [0.25, 0.3) is 16.7 Å². The van der Waals surface area contributed by atoms with Crippen LogP contribution in [0.3, 0.4) is 0 Å². The van der Waals surface area contributed by atoms with E-state index in [1.54, 1.807) is 11.6 Å². The fraction of sp³-hybridized carbons (Fsp3) is 0.200. The molecule has 3 aromatic heterocycles. The van der Waals surface area contributed by atoms with Crippen molar-refractivity contribution in [2.45, 2.75) is 32.3 Å². The number of ether oxygens (including phenoxy) is 1. The number of nitriles is 1. The molecule has 0 spiro atoms. The first-order valence-corrected chi connectivity index (χ1v) is 13.7. The molecule has 0 aliphatic heterocycles. The van der Waals surface area contributed by atoms with E-state index in [9.17, 15) is 15.2 Å². The second kappa shape index (κ2) is 11.6. The van der Waals surface area contributed by atoms with E-state index < -0.39 is 5.97 Å². The van der Waals surface area contributed by atoms with Crippen LogP contribution in [0.5, 0.6) is 0 Å². The molecule has 0 bridgehead atoms. The highest BCUT2D eigenvalue weighted by molar-refractivity contribution is 7.99. The summed E-state index contributed by atoms with van der Waals surface area (Å²) in [4.78, 5) is 17.4. The van der Waals surface area contributed by atoms with E-state index in [1.807, 2.05) is 72.8 Å². The fourth-order valence-corrected chi connectivity index (χ4v) is 5.45. The van der Waals surface area contributed by atoms with Crippen LogP contribution >= 0.6 is 11.8 Å². The average Bonchev–Trinajstić information content (AvgIpc) is 3.53. The Morgan fingerprint density at radius 1 is 1.20 bits per heavy atom. The first kappa shape index (κ1) is 26.8. The number of carbonyl (C=O) groups is 1. The van der Waals surface area contributed by atoms with Gasteiger partial charge in [-0.3, -0.25) is 4.40 Å². The molecule has 3 heterocycles. The summed E-state index contributed by atoms with van der Waals surface area (Å²) in [5, 5.41) is 28.5. The molecule has 2 N–H and O–H groups in total. The van der Waals surface area contributed by atoms with Gasteiger partial charge in [-0.25, -0.2) is 14.5 Å². The van der Waals surface area contributed by atoms with Crippen LogP contribution in [-0.4, -0.2) is 42.6 Å². The number of hydrogen-bond acceptors (Lipinski definition) is 8. The van der Waals surface area contributed by atoms with Crippen LogP contribution in [0.2, 0.25) is 0 Å². The number of hydrogen-bond donors (Lipinski definition) is 2. The van der Waals surface area contributed by atoms with Crippen LogP contribution in [-0.2, 0) is 11.3 Å². The largest absolute Gasteiger partial charge is 0.514 e. The molecule has 5 rings (SSSR count). The molecule has 0 saturated carbocycles. The highest BCUT2D eigenvalue weighted by Gasteiger charge is 2.21. The minimum absolute atomic E-state index is 0.229. The van der Waals surface area contributed by atoms with Crippen molar-refractivity contribution in [2.24, 2.45) is 0 Å². The van der Waals surface area contributed by atoms with Gasteiger partial charge in [0.25, 0.3) is 0 Å². The Balaban J connectivity index is 1.46. The highest BCUT2D eigenvalue weighted by Crippen LogP contribution is 2.31. The molecule has 0 radical (unpaired) electrons. The lowest BCUT2D eigenvalue weighted by molar-refractivity contribution is 0.0527. The number of esters is 1. The number of aliphatic hydroxyl groups is 1. The lowest BCUT2D eigenvalue weighted by Crippen LogP contribution is -2.14. The number of fused-ring (bicyclic) bond motifs is 3. The van der Waals surface area contributed by atoms with Crippen molar-refractivity contribution in [1.29, 1.82) is 5.26 Å². The Hall–Kier alpha value is -4.75. The van der Waals surface area contributed by atoms with Crippen molar-refractivity contribution in [1.82, 2.24) is 19.2 Å². The summed E-state index contributed by atoms with van der Waals surface area (Å²) in [6.07, 6.45) is 2.46. The molecule has 5 aromatic rings. The first-order valence-electron chi connectivity index (χ1n) is 12.8. The lowest BCUT2D eigenvalue weighted by atomic mass is 10.1. The standard InChI is InChI=1S/C30H28N6O3S/c1-4-39-30(38)24-15-32-35(16-21-11-9-19(2)10-12-21)28(24)33-22(17-37)18-40-27-13-20(3)23(14-31)29-34-25-7-5-6-8-26(25)36(27)29/h5-13,15,17,33,37H,4,16,18H2,1-3H3. The number of imidazole rings is 1.